The van der Waals surface area contributed by atoms with Crippen LogP contribution in [0.3, 0.4) is 0 Å². The molecule has 0 spiro atoms. The van der Waals surface area contributed by atoms with Crippen LogP contribution in [-0.2, 0) is 6.18 Å². The number of rotatable bonds is 2. The minimum Gasteiger partial charge on any atom is -0.320 e. The highest BCUT2D eigenvalue weighted by Gasteiger charge is 2.33. The predicted molar refractivity (Wildman–Crippen MR) is 74.1 cm³/mol. The van der Waals surface area contributed by atoms with Crippen molar-refractivity contribution < 1.29 is 13.2 Å². The summed E-state index contributed by atoms with van der Waals surface area (Å²) < 4.78 is 38.6. The molecule has 0 aliphatic carbocycles. The lowest BCUT2D eigenvalue weighted by Gasteiger charge is -2.16. The van der Waals surface area contributed by atoms with E-state index < -0.39 is 17.8 Å². The van der Waals surface area contributed by atoms with Crippen LogP contribution in [-0.4, -0.2) is 4.98 Å². The molecule has 1 unspecified atom stereocenters. The van der Waals surface area contributed by atoms with Gasteiger partial charge < -0.3 is 5.73 Å². The van der Waals surface area contributed by atoms with Crippen molar-refractivity contribution in [2.45, 2.75) is 19.1 Å². The maximum atomic E-state index is 12.9. The Morgan fingerprint density at radius 3 is 2.45 bits per heavy atom. The van der Waals surface area contributed by atoms with Crippen LogP contribution in [0, 0.1) is 6.92 Å². The summed E-state index contributed by atoms with van der Waals surface area (Å²) in [7, 11) is 0. The van der Waals surface area contributed by atoms with E-state index in [1.165, 1.54) is 6.07 Å². The summed E-state index contributed by atoms with van der Waals surface area (Å²) in [6.07, 6.45) is -1.19. The van der Waals surface area contributed by atoms with Crippen LogP contribution in [0.2, 0.25) is 0 Å². The first-order chi connectivity index (χ1) is 9.29. The first kappa shape index (κ1) is 15.0. The van der Waals surface area contributed by atoms with Gasteiger partial charge in [-0.3, -0.25) is 4.98 Å². The Bertz CT molecular complexity index is 626. The van der Waals surface area contributed by atoms with Gasteiger partial charge in [-0.05, 0) is 35.7 Å². The molecule has 1 atom stereocenters. The number of alkyl halides is 3. The van der Waals surface area contributed by atoms with Gasteiger partial charge in [0.15, 0.2) is 0 Å². The topological polar surface area (TPSA) is 38.9 Å². The minimum absolute atomic E-state index is 0.00307. The fraction of sp³-hybridized carbons (Fsp3) is 0.214. The number of halogens is 4. The zero-order chi connectivity index (χ0) is 14.9. The Hall–Kier alpha value is -1.40. The van der Waals surface area contributed by atoms with Crippen LogP contribution in [0.25, 0.3) is 0 Å². The smallest absolute Gasteiger partial charge is 0.320 e. The lowest BCUT2D eigenvalue weighted by atomic mass is 9.98. The summed E-state index contributed by atoms with van der Waals surface area (Å²) in [5.74, 6) is 0. The predicted octanol–water partition coefficient (Wildman–Crippen LogP) is 4.22. The van der Waals surface area contributed by atoms with E-state index in [2.05, 4.69) is 20.9 Å². The van der Waals surface area contributed by atoms with Gasteiger partial charge in [0, 0.05) is 16.9 Å². The Balaban J connectivity index is 2.43. The second kappa shape index (κ2) is 5.54. The number of aromatic nitrogens is 1. The van der Waals surface area contributed by atoms with Crippen LogP contribution >= 0.6 is 15.9 Å². The summed E-state index contributed by atoms with van der Waals surface area (Å²) in [6, 6.07) is 5.18. The summed E-state index contributed by atoms with van der Waals surface area (Å²) >= 11 is 2.91. The zero-order valence-corrected chi connectivity index (χ0v) is 12.2. The number of benzene rings is 1. The lowest BCUT2D eigenvalue weighted by molar-refractivity contribution is -0.138. The summed E-state index contributed by atoms with van der Waals surface area (Å²) in [4.78, 5) is 4.01. The average molecular weight is 345 g/mol. The third-order valence-corrected chi connectivity index (χ3v) is 3.60. The standard InChI is InChI=1S/C14H12BrF3N2/c1-8-4-10(7-20-6-8)13(19)9-2-3-12(15)11(5-9)14(16,17)18/h2-7,13H,19H2,1H3. The normalized spacial score (nSPS) is 13.3. The molecule has 0 saturated carbocycles. The number of aryl methyl sites for hydroxylation is 1. The Kier molecular flexibility index (Phi) is 4.15. The second-order valence-electron chi connectivity index (χ2n) is 4.51. The van der Waals surface area contributed by atoms with E-state index in [9.17, 15) is 13.2 Å². The summed E-state index contributed by atoms with van der Waals surface area (Å²) in [5, 5.41) is 0. The average Bonchev–Trinajstić information content (AvgIpc) is 2.37. The molecule has 2 aromatic rings. The van der Waals surface area contributed by atoms with Crippen LogP contribution in [0.1, 0.15) is 28.3 Å². The van der Waals surface area contributed by atoms with Crippen LogP contribution in [0.5, 0.6) is 0 Å². The van der Waals surface area contributed by atoms with Crippen molar-refractivity contribution in [3.63, 3.8) is 0 Å². The molecular formula is C14H12BrF3N2. The molecule has 0 fully saturated rings. The van der Waals surface area contributed by atoms with Gasteiger partial charge in [0.1, 0.15) is 0 Å². The SMILES string of the molecule is Cc1cncc(C(N)c2ccc(Br)c(C(F)(F)F)c2)c1. The maximum Gasteiger partial charge on any atom is 0.417 e. The number of hydrogen-bond acceptors (Lipinski definition) is 2. The fourth-order valence-corrected chi connectivity index (χ4v) is 2.37. The van der Waals surface area contributed by atoms with E-state index >= 15 is 0 Å². The molecule has 20 heavy (non-hydrogen) atoms. The van der Waals surface area contributed by atoms with Gasteiger partial charge in [-0.25, -0.2) is 0 Å². The van der Waals surface area contributed by atoms with Crippen molar-refractivity contribution in [1.82, 2.24) is 4.98 Å². The molecule has 1 aromatic carbocycles. The molecule has 0 amide bonds. The first-order valence-corrected chi connectivity index (χ1v) is 6.62. The van der Waals surface area contributed by atoms with Gasteiger partial charge in [0.2, 0.25) is 0 Å². The molecular weight excluding hydrogens is 333 g/mol. The van der Waals surface area contributed by atoms with Gasteiger partial charge in [-0.2, -0.15) is 13.2 Å². The number of nitrogens with two attached hydrogens (primary N) is 1. The molecule has 0 saturated heterocycles. The highest BCUT2D eigenvalue weighted by atomic mass is 79.9. The van der Waals surface area contributed by atoms with E-state index in [4.69, 9.17) is 5.73 Å². The van der Waals surface area contributed by atoms with Gasteiger partial charge in [0.25, 0.3) is 0 Å². The minimum atomic E-state index is -4.42. The van der Waals surface area contributed by atoms with Gasteiger partial charge in [0.05, 0.1) is 11.6 Å². The van der Waals surface area contributed by atoms with Crippen molar-refractivity contribution in [3.05, 3.63) is 63.4 Å². The molecule has 6 heteroatoms. The van der Waals surface area contributed by atoms with Crippen LogP contribution in [0.4, 0.5) is 13.2 Å². The van der Waals surface area contributed by atoms with E-state index in [1.807, 2.05) is 13.0 Å². The van der Waals surface area contributed by atoms with Crippen molar-refractivity contribution in [2.24, 2.45) is 5.73 Å². The molecule has 106 valence electrons. The molecule has 2 rings (SSSR count). The van der Waals surface area contributed by atoms with Crippen molar-refractivity contribution in [2.75, 3.05) is 0 Å². The molecule has 0 aliphatic rings. The Labute approximate surface area is 123 Å². The van der Waals surface area contributed by atoms with Crippen LogP contribution in [0.15, 0.2) is 41.1 Å². The van der Waals surface area contributed by atoms with Gasteiger partial charge in [-0.1, -0.05) is 28.1 Å². The van der Waals surface area contributed by atoms with Crippen molar-refractivity contribution in [1.29, 1.82) is 0 Å². The highest BCUT2D eigenvalue weighted by Crippen LogP contribution is 2.36. The number of hydrogen-bond donors (Lipinski definition) is 1. The van der Waals surface area contributed by atoms with E-state index in [-0.39, 0.29) is 4.47 Å². The third kappa shape index (κ3) is 3.19. The molecule has 2 N–H and O–H groups in total. The molecule has 0 radical (unpaired) electrons. The van der Waals surface area contributed by atoms with Crippen LogP contribution < -0.4 is 5.73 Å². The highest BCUT2D eigenvalue weighted by molar-refractivity contribution is 9.10. The van der Waals surface area contributed by atoms with E-state index in [0.29, 0.717) is 11.1 Å². The largest absolute Gasteiger partial charge is 0.417 e. The van der Waals surface area contributed by atoms with Crippen molar-refractivity contribution >= 4 is 15.9 Å². The van der Waals surface area contributed by atoms with Gasteiger partial charge in [-0.15, -0.1) is 0 Å². The molecule has 0 bridgehead atoms. The molecule has 0 aliphatic heterocycles. The Morgan fingerprint density at radius 1 is 1.15 bits per heavy atom. The monoisotopic (exact) mass is 344 g/mol. The van der Waals surface area contributed by atoms with Gasteiger partial charge >= 0.3 is 6.18 Å². The Morgan fingerprint density at radius 2 is 1.85 bits per heavy atom. The quantitative estimate of drug-likeness (QED) is 0.885. The zero-order valence-electron chi connectivity index (χ0n) is 10.6. The van der Waals surface area contributed by atoms with Crippen molar-refractivity contribution in [3.8, 4) is 0 Å². The molecule has 2 nitrogen and oxygen atoms in total. The first-order valence-electron chi connectivity index (χ1n) is 5.83. The number of nitrogens with zero attached hydrogens (tertiary/aromatic N) is 1. The molecule has 1 heterocycles. The second-order valence-corrected chi connectivity index (χ2v) is 5.36. The molecule has 1 aromatic heterocycles. The fourth-order valence-electron chi connectivity index (χ4n) is 1.89. The maximum absolute atomic E-state index is 12.9. The summed E-state index contributed by atoms with van der Waals surface area (Å²) in [5.41, 5.74) is 7.28. The number of pyridine rings is 1. The summed E-state index contributed by atoms with van der Waals surface area (Å²) in [6.45, 7) is 1.85. The third-order valence-electron chi connectivity index (χ3n) is 2.91. The van der Waals surface area contributed by atoms with E-state index in [1.54, 1.807) is 18.5 Å². The lowest BCUT2D eigenvalue weighted by Crippen LogP contribution is -2.14. The van der Waals surface area contributed by atoms with E-state index in [0.717, 1.165) is 11.6 Å².